The lowest BCUT2D eigenvalue weighted by Crippen LogP contribution is -2.38. The Morgan fingerprint density at radius 1 is 1.06 bits per heavy atom. The van der Waals surface area contributed by atoms with E-state index in [0.29, 0.717) is 12.1 Å². The number of hydrogen-bond donors (Lipinski definition) is 1. The lowest BCUT2D eigenvalue weighted by atomic mass is 9.96. The van der Waals surface area contributed by atoms with Crippen molar-refractivity contribution in [1.29, 1.82) is 0 Å². The van der Waals surface area contributed by atoms with Crippen LogP contribution in [0.15, 0.2) is 54.6 Å². The predicted octanol–water partition coefficient (Wildman–Crippen LogP) is 3.37. The Balaban J connectivity index is 1.47. The first-order valence-electron chi connectivity index (χ1n) is 11.0. The molecule has 0 spiro atoms. The van der Waals surface area contributed by atoms with Crippen LogP contribution < -0.4 is 5.32 Å². The Bertz CT molecular complexity index is 832. The third kappa shape index (κ3) is 6.91. The summed E-state index contributed by atoms with van der Waals surface area (Å²) < 4.78 is 10.7. The largest absolute Gasteiger partial charge is 0.449 e. The van der Waals surface area contributed by atoms with Gasteiger partial charge in [-0.3, -0.25) is 9.69 Å². The zero-order valence-corrected chi connectivity index (χ0v) is 18.4. The van der Waals surface area contributed by atoms with Crippen LogP contribution in [0.3, 0.4) is 0 Å². The fraction of sp³-hybridized carbons (Fsp3) is 0.440. The van der Waals surface area contributed by atoms with E-state index in [0.717, 1.165) is 44.8 Å². The van der Waals surface area contributed by atoms with Crippen LogP contribution in [0.25, 0.3) is 0 Å². The van der Waals surface area contributed by atoms with Crippen LogP contribution >= 0.6 is 0 Å². The monoisotopic (exact) mass is 424 g/mol. The number of morpholine rings is 1. The molecule has 1 amide bonds. The van der Waals surface area contributed by atoms with Crippen LogP contribution in [0.5, 0.6) is 0 Å². The molecule has 0 aromatic heterocycles. The summed E-state index contributed by atoms with van der Waals surface area (Å²) in [6.45, 7) is 8.39. The van der Waals surface area contributed by atoms with Crippen LogP contribution in [0, 0.1) is 0 Å². The molecule has 0 aliphatic carbocycles. The summed E-state index contributed by atoms with van der Waals surface area (Å²) in [4.78, 5) is 27.2. The normalized spacial score (nSPS) is 16.3. The van der Waals surface area contributed by atoms with Crippen LogP contribution in [-0.4, -0.2) is 55.7 Å². The molecule has 1 N–H and O–H groups in total. The molecule has 2 aromatic carbocycles. The first-order chi connectivity index (χ1) is 15.1. The van der Waals surface area contributed by atoms with E-state index in [-0.39, 0.29) is 11.8 Å². The number of rotatable bonds is 9. The number of nitrogens with zero attached hydrogens (tertiary/aromatic N) is 1. The molecule has 6 nitrogen and oxygen atoms in total. The molecule has 1 aliphatic heterocycles. The molecule has 1 saturated heterocycles. The van der Waals surface area contributed by atoms with Gasteiger partial charge < -0.3 is 14.8 Å². The molecule has 2 atom stereocenters. The number of hydrogen-bond acceptors (Lipinski definition) is 5. The summed E-state index contributed by atoms with van der Waals surface area (Å²) in [7, 11) is 0. The van der Waals surface area contributed by atoms with Gasteiger partial charge in [0.25, 0.3) is 5.91 Å². The Hall–Kier alpha value is -2.70. The number of nitrogens with one attached hydrogen (secondary N) is 1. The zero-order chi connectivity index (χ0) is 22.1. The topological polar surface area (TPSA) is 67.9 Å². The Kier molecular flexibility index (Phi) is 8.62. The minimum absolute atomic E-state index is 0.229. The van der Waals surface area contributed by atoms with E-state index in [4.69, 9.17) is 9.47 Å². The molecule has 2 aromatic rings. The maximum Gasteiger partial charge on any atom is 0.338 e. The van der Waals surface area contributed by atoms with E-state index in [1.807, 2.05) is 30.3 Å². The van der Waals surface area contributed by atoms with E-state index < -0.39 is 12.1 Å². The van der Waals surface area contributed by atoms with Gasteiger partial charge in [-0.2, -0.15) is 0 Å². The van der Waals surface area contributed by atoms with Gasteiger partial charge in [-0.1, -0.05) is 49.4 Å². The van der Waals surface area contributed by atoms with Gasteiger partial charge in [0.2, 0.25) is 0 Å². The molecule has 1 heterocycles. The van der Waals surface area contributed by atoms with E-state index in [1.165, 1.54) is 5.56 Å². The highest BCUT2D eigenvalue weighted by atomic mass is 16.5. The van der Waals surface area contributed by atoms with Gasteiger partial charge in [-0.05, 0) is 36.6 Å². The molecular weight excluding hydrogens is 392 g/mol. The van der Waals surface area contributed by atoms with E-state index in [2.05, 4.69) is 29.3 Å². The molecule has 31 heavy (non-hydrogen) atoms. The Morgan fingerprint density at radius 3 is 2.39 bits per heavy atom. The average molecular weight is 425 g/mol. The molecular formula is C25H32N2O4. The minimum atomic E-state index is -0.853. The summed E-state index contributed by atoms with van der Waals surface area (Å²) in [6, 6.07) is 17.5. The van der Waals surface area contributed by atoms with Gasteiger partial charge in [0.05, 0.1) is 18.8 Å². The predicted molar refractivity (Wildman–Crippen MR) is 120 cm³/mol. The molecule has 0 radical (unpaired) electrons. The summed E-state index contributed by atoms with van der Waals surface area (Å²) in [5.41, 5.74) is 2.77. The first-order valence-corrected chi connectivity index (χ1v) is 11.0. The molecule has 1 aliphatic rings. The van der Waals surface area contributed by atoms with Crippen molar-refractivity contribution < 1.29 is 19.1 Å². The summed E-state index contributed by atoms with van der Waals surface area (Å²) in [5, 5.41) is 2.91. The van der Waals surface area contributed by atoms with Gasteiger partial charge in [0, 0.05) is 32.1 Å². The van der Waals surface area contributed by atoms with Crippen molar-refractivity contribution in [3.8, 4) is 0 Å². The minimum Gasteiger partial charge on any atom is -0.449 e. The maximum atomic E-state index is 12.4. The number of carbonyl (C=O) groups excluding carboxylic acids is 2. The number of amides is 1. The summed E-state index contributed by atoms with van der Waals surface area (Å²) >= 11 is 0. The van der Waals surface area contributed by atoms with Gasteiger partial charge >= 0.3 is 5.97 Å². The van der Waals surface area contributed by atoms with Crippen LogP contribution in [0.4, 0.5) is 0 Å². The highest BCUT2D eigenvalue weighted by Gasteiger charge is 2.20. The van der Waals surface area contributed by atoms with Crippen molar-refractivity contribution in [2.24, 2.45) is 0 Å². The van der Waals surface area contributed by atoms with E-state index in [1.54, 1.807) is 19.1 Å². The Morgan fingerprint density at radius 2 is 1.74 bits per heavy atom. The lowest BCUT2D eigenvalue weighted by molar-refractivity contribution is -0.129. The van der Waals surface area contributed by atoms with Gasteiger partial charge in [-0.15, -0.1) is 0 Å². The van der Waals surface area contributed by atoms with Crippen LogP contribution in [0.1, 0.15) is 47.7 Å². The maximum absolute atomic E-state index is 12.4. The second-order valence-corrected chi connectivity index (χ2v) is 7.89. The molecule has 3 rings (SSSR count). The molecule has 166 valence electrons. The number of carbonyl (C=O) groups is 2. The lowest BCUT2D eigenvalue weighted by Gasteiger charge is -2.26. The van der Waals surface area contributed by atoms with Gasteiger partial charge in [0.1, 0.15) is 0 Å². The van der Waals surface area contributed by atoms with Gasteiger partial charge in [0.15, 0.2) is 6.10 Å². The molecule has 1 fully saturated rings. The second kappa shape index (κ2) is 11.6. The summed E-state index contributed by atoms with van der Waals surface area (Å²) in [6.07, 6.45) is 0.0590. The molecule has 6 heteroatoms. The molecule has 0 unspecified atom stereocenters. The van der Waals surface area contributed by atoms with Crippen LogP contribution in [0.2, 0.25) is 0 Å². The summed E-state index contributed by atoms with van der Waals surface area (Å²) in [5.74, 6) is -0.547. The third-order valence-electron chi connectivity index (χ3n) is 5.64. The Labute approximate surface area is 184 Å². The highest BCUT2D eigenvalue weighted by molar-refractivity contribution is 5.92. The highest BCUT2D eigenvalue weighted by Crippen LogP contribution is 2.18. The smallest absolute Gasteiger partial charge is 0.338 e. The number of benzene rings is 2. The molecule has 0 saturated carbocycles. The van der Waals surface area contributed by atoms with Gasteiger partial charge in [-0.25, -0.2) is 4.79 Å². The molecule has 0 bridgehead atoms. The number of esters is 1. The first kappa shape index (κ1) is 23.0. The zero-order valence-electron chi connectivity index (χ0n) is 18.4. The number of ether oxygens (including phenoxy) is 2. The average Bonchev–Trinajstić information content (AvgIpc) is 2.81. The fourth-order valence-corrected chi connectivity index (χ4v) is 3.64. The van der Waals surface area contributed by atoms with Crippen LogP contribution in [-0.2, 0) is 20.8 Å². The van der Waals surface area contributed by atoms with Crippen molar-refractivity contribution in [1.82, 2.24) is 10.2 Å². The SMILES string of the molecule is CC[C@H](CNC(=O)[C@H](C)OC(=O)c1ccc(CN2CCOCC2)cc1)c1ccccc1. The standard InChI is InChI=1S/C25H32N2O4/c1-3-21(22-7-5-4-6-8-22)17-26-24(28)19(2)31-25(29)23-11-9-20(10-12-23)18-27-13-15-30-16-14-27/h4-12,19,21H,3,13-18H2,1-2H3,(H,26,28)/t19-,21+/m0/s1. The van der Waals surface area contributed by atoms with Crippen molar-refractivity contribution in [2.45, 2.75) is 38.8 Å². The van der Waals surface area contributed by atoms with Crippen molar-refractivity contribution in [3.05, 3.63) is 71.3 Å². The fourth-order valence-electron chi connectivity index (χ4n) is 3.64. The second-order valence-electron chi connectivity index (χ2n) is 7.89. The van der Waals surface area contributed by atoms with E-state index >= 15 is 0 Å². The van der Waals surface area contributed by atoms with Crippen molar-refractivity contribution in [2.75, 3.05) is 32.8 Å². The quantitative estimate of drug-likeness (QED) is 0.625. The van der Waals surface area contributed by atoms with Crippen molar-refractivity contribution >= 4 is 11.9 Å². The third-order valence-corrected chi connectivity index (χ3v) is 5.64. The van der Waals surface area contributed by atoms with Crippen molar-refractivity contribution in [3.63, 3.8) is 0 Å². The van der Waals surface area contributed by atoms with E-state index in [9.17, 15) is 9.59 Å².